The molecule has 9 aromatic rings. The Balaban J connectivity index is 0.867. The highest BCUT2D eigenvalue weighted by Gasteiger charge is 2.55. The molecule has 7 aromatic carbocycles. The van der Waals surface area contributed by atoms with Crippen molar-refractivity contribution in [1.29, 1.82) is 0 Å². The lowest BCUT2D eigenvalue weighted by atomic mass is 9.56. The van der Waals surface area contributed by atoms with Crippen LogP contribution in [0.15, 0.2) is 205 Å². The zero-order valence-corrected chi connectivity index (χ0v) is 38.1. The smallest absolute Gasteiger partial charge is 0.235 e. The summed E-state index contributed by atoms with van der Waals surface area (Å²) in [6.45, 7) is 7.40. The summed E-state index contributed by atoms with van der Waals surface area (Å²) in [5, 5.41) is 3.43. The van der Waals surface area contributed by atoms with Gasteiger partial charge in [0, 0.05) is 49.6 Å². The molecule has 14 rings (SSSR count). The Morgan fingerprint density at radius 1 is 0.612 bits per heavy atom. The lowest BCUT2D eigenvalue weighted by Crippen LogP contribution is -2.35. The van der Waals surface area contributed by atoms with Crippen LogP contribution >= 0.6 is 0 Å². The first-order valence-electron chi connectivity index (χ1n) is 24.2. The van der Waals surface area contributed by atoms with E-state index >= 15 is 0 Å². The van der Waals surface area contributed by atoms with E-state index in [0.717, 1.165) is 46.0 Å². The van der Waals surface area contributed by atoms with Gasteiger partial charge < -0.3 is 4.90 Å². The van der Waals surface area contributed by atoms with Crippen molar-refractivity contribution in [1.82, 2.24) is 14.5 Å². The summed E-state index contributed by atoms with van der Waals surface area (Å²) in [4.78, 5) is 13.3. The van der Waals surface area contributed by atoms with Crippen molar-refractivity contribution in [3.8, 4) is 17.2 Å². The summed E-state index contributed by atoms with van der Waals surface area (Å²) >= 11 is 0. The van der Waals surface area contributed by atoms with Gasteiger partial charge in [-0.3, -0.25) is 4.57 Å². The maximum atomic E-state index is 5.51. The Morgan fingerprint density at radius 3 is 2.15 bits per heavy atom. The second-order valence-electron chi connectivity index (χ2n) is 20.1. The van der Waals surface area contributed by atoms with Crippen LogP contribution in [-0.4, -0.2) is 14.5 Å². The van der Waals surface area contributed by atoms with Crippen LogP contribution in [0.3, 0.4) is 0 Å². The molecule has 0 N–H and O–H groups in total. The zero-order chi connectivity index (χ0) is 44.6. The van der Waals surface area contributed by atoms with E-state index in [-0.39, 0.29) is 10.8 Å². The van der Waals surface area contributed by atoms with Gasteiger partial charge in [-0.1, -0.05) is 159 Å². The molecule has 322 valence electrons. The molecule has 4 aliphatic carbocycles. The lowest BCUT2D eigenvalue weighted by Gasteiger charge is -2.47. The number of para-hydroxylation sites is 4. The molecule has 67 heavy (non-hydrogen) atoms. The number of fused-ring (bicyclic) bond motifs is 10. The quantitative estimate of drug-likeness (QED) is 0.173. The van der Waals surface area contributed by atoms with Gasteiger partial charge in [0.1, 0.15) is 0 Å². The number of benzene rings is 7. The molecular formula is C63H50N4. The van der Waals surface area contributed by atoms with Gasteiger partial charge in [-0.2, -0.15) is 0 Å². The molecule has 0 bridgehead atoms. The molecule has 0 saturated carbocycles. The van der Waals surface area contributed by atoms with Crippen molar-refractivity contribution in [3.63, 3.8) is 0 Å². The Hall–Kier alpha value is -7.56. The van der Waals surface area contributed by atoms with Gasteiger partial charge in [0.15, 0.2) is 0 Å². The van der Waals surface area contributed by atoms with Crippen LogP contribution in [0.2, 0.25) is 0 Å². The Kier molecular flexibility index (Phi) is 8.21. The van der Waals surface area contributed by atoms with Crippen LogP contribution in [-0.2, 0) is 5.41 Å². The van der Waals surface area contributed by atoms with Crippen molar-refractivity contribution in [3.05, 3.63) is 233 Å². The minimum atomic E-state index is -0.116. The lowest BCUT2D eigenvalue weighted by molar-refractivity contribution is 0.243. The van der Waals surface area contributed by atoms with E-state index in [9.17, 15) is 0 Å². The standard InChI is InChI=1S/C63H50N4/c1-39-36-53-46-19-8-7-18-45(46)50-23-15-24-52(63(50,53)3)59(39)40-28-30-41(31-29-40)60-48-21-9-12-25-54(48)64-61(65-60)67-55-26-13-10-20-47(55)49-37-42(32-33-56(49)67)43-34-35-62(2)51-22-11-14-27-57(51)66(58(62)38-43)44-16-5-4-6-17-44/h4-22,24-34,37-39,50,53H,23,35-36H2,1-3H3/t39?,50?,53?,62-,63?/m1/s1. The normalized spacial score (nSPS) is 23.6. The fourth-order valence-corrected chi connectivity index (χ4v) is 13.4. The third kappa shape index (κ3) is 5.41. The van der Waals surface area contributed by atoms with Crippen molar-refractivity contribution < 1.29 is 0 Å². The highest BCUT2D eigenvalue weighted by Crippen LogP contribution is 2.68. The molecule has 1 aliphatic heterocycles. The SMILES string of the molecule is CC1CC2c3ccccc3C3CC=CC(=C1c1ccc(-c4nc(-n5c6ccccc6c6cc(C7=CC[C@@]8(C)C(=C7)N(c7ccccc7)c7ccccc78)ccc65)nc5ccccc45)cc1)C32C. The Morgan fingerprint density at radius 2 is 1.30 bits per heavy atom. The van der Waals surface area contributed by atoms with Crippen molar-refractivity contribution >= 4 is 55.2 Å². The maximum absolute atomic E-state index is 5.51. The summed E-state index contributed by atoms with van der Waals surface area (Å²) < 4.78 is 2.27. The number of aromatic nitrogens is 3. The fraction of sp³-hybridized carbons (Fsp3) is 0.175. The van der Waals surface area contributed by atoms with Crippen LogP contribution in [0.5, 0.6) is 0 Å². The largest absolute Gasteiger partial charge is 0.313 e. The molecule has 4 heteroatoms. The maximum Gasteiger partial charge on any atom is 0.235 e. The average molecular weight is 863 g/mol. The number of hydrogen-bond donors (Lipinski definition) is 0. The second-order valence-corrected chi connectivity index (χ2v) is 20.1. The molecule has 0 amide bonds. The summed E-state index contributed by atoms with van der Waals surface area (Å²) in [6.07, 6.45) is 13.0. The number of anilines is 2. The van der Waals surface area contributed by atoms with E-state index in [1.165, 1.54) is 67.7 Å². The molecule has 4 unspecified atom stereocenters. The summed E-state index contributed by atoms with van der Waals surface area (Å²) in [5.74, 6) is 2.21. The first-order valence-corrected chi connectivity index (χ1v) is 24.2. The molecule has 4 nitrogen and oxygen atoms in total. The molecule has 0 saturated heterocycles. The molecule has 5 aliphatic rings. The average Bonchev–Trinajstić information content (AvgIpc) is 3.94. The second kappa shape index (κ2) is 14.2. The van der Waals surface area contributed by atoms with Crippen molar-refractivity contribution in [2.45, 2.75) is 57.3 Å². The van der Waals surface area contributed by atoms with E-state index in [0.29, 0.717) is 23.7 Å². The number of rotatable bonds is 5. The molecule has 0 radical (unpaired) electrons. The molecule has 0 spiro atoms. The molecule has 5 atom stereocenters. The van der Waals surface area contributed by atoms with Gasteiger partial charge in [0.05, 0.1) is 22.2 Å². The summed E-state index contributed by atoms with van der Waals surface area (Å²) in [5.41, 5.74) is 20.3. The zero-order valence-electron chi connectivity index (χ0n) is 38.1. The molecule has 3 heterocycles. The first-order chi connectivity index (χ1) is 32.9. The van der Waals surface area contributed by atoms with Crippen molar-refractivity contribution in [2.75, 3.05) is 4.90 Å². The van der Waals surface area contributed by atoms with E-state index in [4.69, 9.17) is 9.97 Å². The summed E-state index contributed by atoms with van der Waals surface area (Å²) in [7, 11) is 0. The predicted octanol–water partition coefficient (Wildman–Crippen LogP) is 15.8. The monoisotopic (exact) mass is 862 g/mol. The minimum Gasteiger partial charge on any atom is -0.313 e. The van der Waals surface area contributed by atoms with Gasteiger partial charge in [-0.05, 0) is 137 Å². The third-order valence-corrected chi connectivity index (χ3v) is 16.7. The topological polar surface area (TPSA) is 34.0 Å². The van der Waals surface area contributed by atoms with E-state index in [1.807, 2.05) is 0 Å². The fourth-order valence-electron chi connectivity index (χ4n) is 13.4. The van der Waals surface area contributed by atoms with Gasteiger partial charge in [-0.15, -0.1) is 0 Å². The van der Waals surface area contributed by atoms with Crippen LogP contribution in [0, 0.1) is 11.3 Å². The van der Waals surface area contributed by atoms with Crippen LogP contribution in [0.1, 0.15) is 79.7 Å². The van der Waals surface area contributed by atoms with E-state index in [2.05, 4.69) is 224 Å². The van der Waals surface area contributed by atoms with E-state index in [1.54, 1.807) is 11.1 Å². The highest BCUT2D eigenvalue weighted by molar-refractivity contribution is 6.10. The molecular weight excluding hydrogens is 813 g/mol. The minimum absolute atomic E-state index is 0.109. The number of hydrogen-bond acceptors (Lipinski definition) is 3. The van der Waals surface area contributed by atoms with Gasteiger partial charge >= 0.3 is 0 Å². The molecule has 2 aromatic heterocycles. The predicted molar refractivity (Wildman–Crippen MR) is 277 cm³/mol. The Labute approximate surface area is 392 Å². The Bertz CT molecular complexity index is 3680. The van der Waals surface area contributed by atoms with Crippen LogP contribution in [0.4, 0.5) is 11.4 Å². The van der Waals surface area contributed by atoms with Gasteiger partial charge in [0.2, 0.25) is 5.95 Å². The van der Waals surface area contributed by atoms with Crippen LogP contribution in [0.25, 0.3) is 61.1 Å². The van der Waals surface area contributed by atoms with E-state index < -0.39 is 0 Å². The summed E-state index contributed by atoms with van der Waals surface area (Å²) in [6, 6.07) is 62.5. The first kappa shape index (κ1) is 38.7. The molecule has 0 fully saturated rings. The number of nitrogens with zero attached hydrogens (tertiary/aromatic N) is 4. The third-order valence-electron chi connectivity index (χ3n) is 16.7. The van der Waals surface area contributed by atoms with Gasteiger partial charge in [-0.25, -0.2) is 9.97 Å². The van der Waals surface area contributed by atoms with Gasteiger partial charge in [0.25, 0.3) is 0 Å². The van der Waals surface area contributed by atoms with Crippen LogP contribution < -0.4 is 4.90 Å². The number of allylic oxidation sites excluding steroid dienone is 8. The van der Waals surface area contributed by atoms with Crippen molar-refractivity contribution in [2.24, 2.45) is 11.3 Å². The highest BCUT2D eigenvalue weighted by atomic mass is 15.2.